The van der Waals surface area contributed by atoms with Gasteiger partial charge in [0.1, 0.15) is 0 Å². The van der Waals surface area contributed by atoms with Crippen LogP contribution >= 0.6 is 0 Å². The van der Waals surface area contributed by atoms with Gasteiger partial charge in [0.05, 0.1) is 0 Å². The van der Waals surface area contributed by atoms with Crippen molar-refractivity contribution in [1.29, 1.82) is 0 Å². The molecule has 2 aliphatic rings. The molecule has 2 radical (unpaired) electrons. The summed E-state index contributed by atoms with van der Waals surface area (Å²) in [6.07, 6.45) is 27.0. The van der Waals surface area contributed by atoms with Gasteiger partial charge in [-0.2, -0.15) is 24.8 Å². The van der Waals surface area contributed by atoms with Crippen LogP contribution in [0.15, 0.2) is 97.7 Å². The zero-order chi connectivity index (χ0) is 14.1. The second-order valence-corrected chi connectivity index (χ2v) is 3.59. The van der Waals surface area contributed by atoms with Crippen molar-refractivity contribution in [2.24, 2.45) is 0 Å². The van der Waals surface area contributed by atoms with Gasteiger partial charge in [-0.25, -0.2) is 0 Å². The third-order valence-corrected chi connectivity index (χ3v) is 2.02. The van der Waals surface area contributed by atoms with E-state index in [1.54, 1.807) is 24.8 Å². The zero-order valence-corrected chi connectivity index (χ0v) is 14.2. The first-order chi connectivity index (χ1) is 10.0. The molecule has 21 heavy (non-hydrogen) atoms. The first-order valence-electron chi connectivity index (χ1n) is 6.37. The Hall–Kier alpha value is -1.60. The average molecular weight is 354 g/mol. The predicted octanol–water partition coefficient (Wildman–Crippen LogP) is 3.92. The van der Waals surface area contributed by atoms with Gasteiger partial charge in [0.2, 0.25) is 0 Å². The second-order valence-electron chi connectivity index (χ2n) is 3.59. The van der Waals surface area contributed by atoms with Gasteiger partial charge in [-0.05, 0) is 0 Å². The summed E-state index contributed by atoms with van der Waals surface area (Å²) >= 11 is 0. The molecule has 0 N–H and O–H groups in total. The number of hydrogen-bond donors (Lipinski definition) is 0. The van der Waals surface area contributed by atoms with E-state index >= 15 is 0 Å². The second kappa shape index (κ2) is 16.5. The fourth-order valence-electron chi connectivity index (χ4n) is 1.14. The van der Waals surface area contributed by atoms with Crippen LogP contribution in [-0.4, -0.2) is 0 Å². The van der Waals surface area contributed by atoms with Crippen LogP contribution in [0, 0.1) is 12.8 Å². The molecule has 0 unspecified atom stereocenters. The van der Waals surface area contributed by atoms with Crippen molar-refractivity contribution in [2.45, 2.75) is 0 Å². The van der Waals surface area contributed by atoms with Crippen LogP contribution in [0.3, 0.4) is 0 Å². The monoisotopic (exact) mass is 352 g/mol. The summed E-state index contributed by atoms with van der Waals surface area (Å²) in [5, 5.41) is 0. The van der Waals surface area contributed by atoms with Crippen LogP contribution in [0.4, 0.5) is 0 Å². The zero-order valence-electron chi connectivity index (χ0n) is 11.8. The van der Waals surface area contributed by atoms with Gasteiger partial charge in [-0.3, -0.25) is 0 Å². The van der Waals surface area contributed by atoms with E-state index in [1.807, 2.05) is 85.7 Å². The van der Waals surface area contributed by atoms with Crippen LogP contribution in [-0.2, 0) is 26.2 Å². The largest absolute Gasteiger partial charge is 2.00 e. The molecule has 2 aliphatic carbocycles. The maximum Gasteiger partial charge on any atom is 2.00 e. The van der Waals surface area contributed by atoms with Gasteiger partial charge in [0.15, 0.2) is 0 Å². The molecule has 0 spiro atoms. The minimum Gasteiger partial charge on any atom is -0.670 e. The number of rotatable bonds is 0. The standard InChI is InChI=1S/2C5H5.2C4H4N.Zr/c4*1-2-4-5-3-1;/h2*1-5H;2*1-4H;/q;;2*-1;+2. The number of allylic oxidation sites excluding steroid dienone is 8. The first kappa shape index (κ1) is 19.4. The molecule has 104 valence electrons. The Labute approximate surface area is 146 Å². The Morgan fingerprint density at radius 1 is 0.381 bits per heavy atom. The molecule has 2 heterocycles. The Kier molecular flexibility index (Phi) is 15.2. The van der Waals surface area contributed by atoms with E-state index in [0.717, 1.165) is 0 Å². The minimum absolute atomic E-state index is 0. The molecular formula is C18H18N2Zr. The summed E-state index contributed by atoms with van der Waals surface area (Å²) in [6, 6.07) is 7.56. The van der Waals surface area contributed by atoms with Gasteiger partial charge < -0.3 is 9.97 Å². The summed E-state index contributed by atoms with van der Waals surface area (Å²) in [5.74, 6) is 0. The van der Waals surface area contributed by atoms with Gasteiger partial charge in [-0.1, -0.05) is 72.9 Å². The van der Waals surface area contributed by atoms with Crippen molar-refractivity contribution >= 4 is 0 Å². The van der Waals surface area contributed by atoms with Gasteiger partial charge in [0, 0.05) is 12.8 Å². The molecule has 2 aromatic rings. The van der Waals surface area contributed by atoms with Gasteiger partial charge >= 0.3 is 26.2 Å². The van der Waals surface area contributed by atoms with E-state index in [2.05, 4.69) is 9.97 Å². The smallest absolute Gasteiger partial charge is 0.670 e. The third kappa shape index (κ3) is 14.6. The quantitative estimate of drug-likeness (QED) is 0.718. The van der Waals surface area contributed by atoms with E-state index in [4.69, 9.17) is 0 Å². The van der Waals surface area contributed by atoms with E-state index in [-0.39, 0.29) is 26.2 Å². The molecule has 4 rings (SSSR count). The molecule has 0 fully saturated rings. The van der Waals surface area contributed by atoms with Crippen molar-refractivity contribution in [3.05, 3.63) is 111 Å². The Bertz CT molecular complexity index is 389. The average Bonchev–Trinajstić information content (AvgIpc) is 3.40. The van der Waals surface area contributed by atoms with Crippen LogP contribution < -0.4 is 9.97 Å². The Morgan fingerprint density at radius 3 is 0.762 bits per heavy atom. The van der Waals surface area contributed by atoms with Crippen LogP contribution in [0.25, 0.3) is 0 Å². The van der Waals surface area contributed by atoms with Crippen LogP contribution in [0.2, 0.25) is 0 Å². The van der Waals surface area contributed by atoms with Crippen molar-refractivity contribution in [2.75, 3.05) is 0 Å². The van der Waals surface area contributed by atoms with E-state index < -0.39 is 0 Å². The molecule has 0 bridgehead atoms. The van der Waals surface area contributed by atoms with Crippen molar-refractivity contribution < 1.29 is 26.2 Å². The maximum atomic E-state index is 3.72. The number of aromatic nitrogens is 2. The molecule has 3 heteroatoms. The van der Waals surface area contributed by atoms with E-state index in [9.17, 15) is 0 Å². The molecule has 2 nitrogen and oxygen atoms in total. The first-order valence-corrected chi connectivity index (χ1v) is 6.37. The van der Waals surface area contributed by atoms with Crippen LogP contribution in [0.1, 0.15) is 0 Å². The summed E-state index contributed by atoms with van der Waals surface area (Å²) in [7, 11) is 0. The molecule has 0 atom stereocenters. The Balaban J connectivity index is 0.000000250. The minimum atomic E-state index is 0. The molecule has 2 aromatic heterocycles. The molecule has 0 aliphatic heterocycles. The van der Waals surface area contributed by atoms with Gasteiger partial charge in [-0.15, -0.1) is 0 Å². The number of hydrogen-bond acceptors (Lipinski definition) is 0. The topological polar surface area (TPSA) is 28.2 Å². The van der Waals surface area contributed by atoms with Crippen molar-refractivity contribution in [3.63, 3.8) is 0 Å². The van der Waals surface area contributed by atoms with Crippen molar-refractivity contribution in [3.8, 4) is 0 Å². The summed E-state index contributed by atoms with van der Waals surface area (Å²) in [6.45, 7) is 0. The van der Waals surface area contributed by atoms with Crippen LogP contribution in [0.5, 0.6) is 0 Å². The molecule has 0 aromatic carbocycles. The summed E-state index contributed by atoms with van der Waals surface area (Å²) in [4.78, 5) is 7.44. The normalized spacial score (nSPS) is 12.2. The fraction of sp³-hybridized carbons (Fsp3) is 0. The third-order valence-electron chi connectivity index (χ3n) is 2.02. The summed E-state index contributed by atoms with van der Waals surface area (Å²) < 4.78 is 0. The molecular weight excluding hydrogens is 335 g/mol. The predicted molar refractivity (Wildman–Crippen MR) is 84.7 cm³/mol. The summed E-state index contributed by atoms with van der Waals surface area (Å²) in [5.41, 5.74) is 0. The van der Waals surface area contributed by atoms with E-state index in [1.165, 1.54) is 0 Å². The van der Waals surface area contributed by atoms with E-state index in [0.29, 0.717) is 0 Å². The van der Waals surface area contributed by atoms with Gasteiger partial charge in [0.25, 0.3) is 0 Å². The molecule has 0 amide bonds. The maximum absolute atomic E-state index is 3.72. The molecule has 0 saturated heterocycles. The SMILES string of the molecule is [CH]1C=CC=C1.[CH]1C=CC=C1.[Zr+2].c1cc[n-]c1.c1cc[n-]c1. The van der Waals surface area contributed by atoms with Crippen molar-refractivity contribution in [1.82, 2.24) is 9.97 Å². The molecule has 0 saturated carbocycles. The fourth-order valence-corrected chi connectivity index (χ4v) is 1.14. The number of nitrogens with zero attached hydrogens (tertiary/aromatic N) is 2. The Morgan fingerprint density at radius 2 is 0.667 bits per heavy atom.